The Bertz CT molecular complexity index is 1540. The van der Waals surface area contributed by atoms with Crippen LogP contribution in [-0.2, 0) is 14.8 Å². The summed E-state index contributed by atoms with van der Waals surface area (Å²) in [4.78, 5) is 23.5. The second kappa shape index (κ2) is 11.2. The monoisotopic (exact) mass is 543 g/mol. The Labute approximate surface area is 227 Å². The van der Waals surface area contributed by atoms with Crippen LogP contribution in [0, 0.1) is 19.8 Å². The van der Waals surface area contributed by atoms with E-state index in [1.807, 2.05) is 42.5 Å². The summed E-state index contributed by atoms with van der Waals surface area (Å²) in [6.07, 6.45) is 1.61. The van der Waals surface area contributed by atoms with Gasteiger partial charge in [0, 0.05) is 36.1 Å². The van der Waals surface area contributed by atoms with E-state index >= 15 is 0 Å². The molecular weight excluding hydrogens is 514 g/mol. The number of sulfonamides is 1. The van der Waals surface area contributed by atoms with Crippen LogP contribution in [0.1, 0.15) is 24.4 Å². The minimum Gasteiger partial charge on any atom is -0.354 e. The average Bonchev–Trinajstić information content (AvgIpc) is 2.93. The van der Waals surface area contributed by atoms with Crippen molar-refractivity contribution in [1.29, 1.82) is 0 Å². The molecule has 0 aliphatic carbocycles. The summed E-state index contributed by atoms with van der Waals surface area (Å²) in [6.45, 7) is 4.79. The highest BCUT2D eigenvalue weighted by Crippen LogP contribution is 2.25. The molecule has 0 saturated carbocycles. The van der Waals surface area contributed by atoms with Crippen LogP contribution in [0.15, 0.2) is 77.7 Å². The number of anilines is 3. The lowest BCUT2D eigenvalue weighted by atomic mass is 9.97. The Balaban J connectivity index is 1.20. The van der Waals surface area contributed by atoms with Gasteiger partial charge in [-0.05, 0) is 63.1 Å². The van der Waals surface area contributed by atoms with E-state index < -0.39 is 10.0 Å². The Kier molecular flexibility index (Phi) is 7.51. The lowest BCUT2D eigenvalue weighted by Gasteiger charge is -2.32. The molecule has 1 aliphatic rings. The van der Waals surface area contributed by atoms with Gasteiger partial charge in [0.25, 0.3) is 10.0 Å². The van der Waals surface area contributed by atoms with Crippen molar-refractivity contribution in [2.45, 2.75) is 31.6 Å². The summed E-state index contributed by atoms with van der Waals surface area (Å²) in [5, 5.41) is 11.7. The number of piperidine rings is 1. The molecule has 1 atom stereocenters. The minimum atomic E-state index is -3.84. The molecule has 2 aromatic carbocycles. The van der Waals surface area contributed by atoms with Crippen molar-refractivity contribution >= 4 is 33.3 Å². The maximum Gasteiger partial charge on any atom is 0.263 e. The van der Waals surface area contributed by atoms with E-state index in [9.17, 15) is 13.2 Å². The van der Waals surface area contributed by atoms with E-state index in [0.29, 0.717) is 23.8 Å². The molecule has 0 radical (unpaired) electrons. The maximum absolute atomic E-state index is 13.1. The van der Waals surface area contributed by atoms with Gasteiger partial charge in [0.15, 0.2) is 5.82 Å². The van der Waals surface area contributed by atoms with Crippen LogP contribution >= 0.6 is 0 Å². The van der Waals surface area contributed by atoms with Gasteiger partial charge in [0.1, 0.15) is 11.6 Å². The third-order valence-corrected chi connectivity index (χ3v) is 7.84. The number of rotatable bonds is 7. The summed E-state index contributed by atoms with van der Waals surface area (Å²) in [5.41, 5.74) is 2.99. The number of aromatic nitrogens is 4. The number of nitrogens with one attached hydrogen (secondary N) is 2. The molecule has 200 valence electrons. The SMILES string of the molecule is Cc1cc(NS(=O)(=O)c2ccc(NC(=O)C3CCCN(c4ccc(-c5ccccc5)nn4)C3)cc2)nc(C)n1. The molecule has 1 amide bonds. The molecule has 39 heavy (non-hydrogen) atoms. The lowest BCUT2D eigenvalue weighted by Crippen LogP contribution is -2.41. The van der Waals surface area contributed by atoms with Crippen LogP contribution < -0.4 is 14.9 Å². The first-order valence-electron chi connectivity index (χ1n) is 12.7. The second-order valence-corrected chi connectivity index (χ2v) is 11.2. The van der Waals surface area contributed by atoms with Crippen LogP contribution in [0.3, 0.4) is 0 Å². The van der Waals surface area contributed by atoms with Gasteiger partial charge in [-0.15, -0.1) is 10.2 Å². The van der Waals surface area contributed by atoms with Crippen LogP contribution in [0.25, 0.3) is 11.3 Å². The third-order valence-electron chi connectivity index (χ3n) is 6.47. The molecule has 11 heteroatoms. The number of nitrogens with zero attached hydrogens (tertiary/aromatic N) is 5. The molecule has 2 N–H and O–H groups in total. The quantitative estimate of drug-likeness (QED) is 0.355. The van der Waals surface area contributed by atoms with E-state index in [1.54, 1.807) is 32.0 Å². The van der Waals surface area contributed by atoms with E-state index in [2.05, 4.69) is 35.1 Å². The fourth-order valence-corrected chi connectivity index (χ4v) is 5.58. The molecule has 3 heterocycles. The van der Waals surface area contributed by atoms with E-state index in [0.717, 1.165) is 36.5 Å². The van der Waals surface area contributed by atoms with Crippen LogP contribution in [0.5, 0.6) is 0 Å². The Morgan fingerprint density at radius 1 is 0.949 bits per heavy atom. The molecule has 10 nitrogen and oxygen atoms in total. The highest BCUT2D eigenvalue weighted by atomic mass is 32.2. The van der Waals surface area contributed by atoms with Crippen LogP contribution in [0.4, 0.5) is 17.3 Å². The topological polar surface area (TPSA) is 130 Å². The smallest absolute Gasteiger partial charge is 0.263 e. The normalized spacial score (nSPS) is 15.5. The van der Waals surface area contributed by atoms with Crippen molar-refractivity contribution in [2.75, 3.05) is 28.0 Å². The summed E-state index contributed by atoms with van der Waals surface area (Å²) in [7, 11) is -3.84. The van der Waals surface area contributed by atoms with Gasteiger partial charge in [-0.3, -0.25) is 9.52 Å². The first kappa shape index (κ1) is 26.2. The molecule has 0 bridgehead atoms. The first-order valence-corrected chi connectivity index (χ1v) is 14.2. The van der Waals surface area contributed by atoms with Crippen molar-refractivity contribution in [3.8, 4) is 11.3 Å². The highest BCUT2D eigenvalue weighted by molar-refractivity contribution is 7.92. The number of carbonyl (C=O) groups excluding carboxylic acids is 1. The van der Waals surface area contributed by atoms with Gasteiger partial charge in [-0.1, -0.05) is 30.3 Å². The summed E-state index contributed by atoms with van der Waals surface area (Å²) < 4.78 is 28.1. The molecule has 1 aliphatic heterocycles. The van der Waals surface area contributed by atoms with E-state index in [-0.39, 0.29) is 22.5 Å². The molecule has 4 aromatic rings. The fourth-order valence-electron chi connectivity index (χ4n) is 4.58. The number of carbonyl (C=O) groups is 1. The second-order valence-electron chi connectivity index (χ2n) is 9.49. The van der Waals surface area contributed by atoms with Crippen LogP contribution in [-0.4, -0.2) is 47.6 Å². The van der Waals surface area contributed by atoms with Gasteiger partial charge in [-0.25, -0.2) is 18.4 Å². The van der Waals surface area contributed by atoms with Crippen molar-refractivity contribution in [3.05, 3.63) is 84.3 Å². The predicted octanol–water partition coefficient (Wildman–Crippen LogP) is 4.21. The molecule has 1 saturated heterocycles. The Morgan fingerprint density at radius 3 is 2.41 bits per heavy atom. The molecule has 5 rings (SSSR count). The fraction of sp³-hybridized carbons (Fsp3) is 0.250. The Morgan fingerprint density at radius 2 is 1.72 bits per heavy atom. The third kappa shape index (κ3) is 6.37. The number of aryl methyl sites for hydroxylation is 2. The average molecular weight is 544 g/mol. The largest absolute Gasteiger partial charge is 0.354 e. The van der Waals surface area contributed by atoms with Crippen molar-refractivity contribution in [3.63, 3.8) is 0 Å². The van der Waals surface area contributed by atoms with Gasteiger partial charge in [0.2, 0.25) is 5.91 Å². The predicted molar refractivity (Wildman–Crippen MR) is 150 cm³/mol. The van der Waals surface area contributed by atoms with Gasteiger partial charge in [-0.2, -0.15) is 0 Å². The number of hydrogen-bond donors (Lipinski definition) is 2. The van der Waals surface area contributed by atoms with Crippen LogP contribution in [0.2, 0.25) is 0 Å². The van der Waals surface area contributed by atoms with Gasteiger partial charge in [0.05, 0.1) is 16.5 Å². The molecular formula is C28H29N7O3S. The lowest BCUT2D eigenvalue weighted by molar-refractivity contribution is -0.120. The van der Waals surface area contributed by atoms with Crippen molar-refractivity contribution < 1.29 is 13.2 Å². The van der Waals surface area contributed by atoms with E-state index in [4.69, 9.17) is 0 Å². The van der Waals surface area contributed by atoms with Crippen molar-refractivity contribution in [1.82, 2.24) is 20.2 Å². The van der Waals surface area contributed by atoms with E-state index in [1.165, 1.54) is 12.1 Å². The highest BCUT2D eigenvalue weighted by Gasteiger charge is 2.27. The Hall–Kier alpha value is -4.38. The standard InChI is InChI=1S/C28H29N7O3S/c1-19-17-26(30-20(2)29-19)34-39(37,38)24-12-10-23(11-13-24)31-28(36)22-9-6-16-35(18-22)27-15-14-25(32-33-27)21-7-4-3-5-8-21/h3-5,7-8,10-15,17,22H,6,9,16,18H2,1-2H3,(H,31,36)(H,29,30,34). The summed E-state index contributed by atoms with van der Waals surface area (Å²) >= 11 is 0. The van der Waals surface area contributed by atoms with Gasteiger partial charge < -0.3 is 10.2 Å². The number of amides is 1. The maximum atomic E-state index is 13.1. The molecule has 2 aromatic heterocycles. The molecule has 0 spiro atoms. The van der Waals surface area contributed by atoms with Crippen molar-refractivity contribution in [2.24, 2.45) is 5.92 Å². The zero-order chi connectivity index (χ0) is 27.4. The zero-order valence-electron chi connectivity index (χ0n) is 21.7. The minimum absolute atomic E-state index is 0.0655. The summed E-state index contributed by atoms with van der Waals surface area (Å²) in [5.74, 6) is 1.07. The molecule has 1 fully saturated rings. The first-order chi connectivity index (χ1) is 18.8. The number of hydrogen-bond acceptors (Lipinski definition) is 8. The summed E-state index contributed by atoms with van der Waals surface area (Å²) in [6, 6.07) is 21.4. The number of benzene rings is 2. The molecule has 1 unspecified atom stereocenters. The zero-order valence-corrected chi connectivity index (χ0v) is 22.5. The van der Waals surface area contributed by atoms with Gasteiger partial charge >= 0.3 is 0 Å².